The van der Waals surface area contributed by atoms with Crippen molar-refractivity contribution in [1.82, 2.24) is 10.2 Å². The van der Waals surface area contributed by atoms with E-state index >= 15 is 0 Å². The Morgan fingerprint density at radius 3 is 2.83 bits per heavy atom. The lowest BCUT2D eigenvalue weighted by Gasteiger charge is -2.20. The minimum absolute atomic E-state index is 0.114. The van der Waals surface area contributed by atoms with Gasteiger partial charge in [-0.15, -0.1) is 0 Å². The van der Waals surface area contributed by atoms with Gasteiger partial charge in [0.05, 0.1) is 0 Å². The Kier molecular flexibility index (Phi) is 5.33. The van der Waals surface area contributed by atoms with E-state index in [2.05, 4.69) is 5.32 Å². The van der Waals surface area contributed by atoms with Crippen LogP contribution >= 0.6 is 0 Å². The lowest BCUT2D eigenvalue weighted by atomic mass is 10.2. The highest BCUT2D eigenvalue weighted by Gasteiger charge is 2.21. The molecule has 0 unspecified atom stereocenters. The number of benzene rings is 2. The van der Waals surface area contributed by atoms with Crippen molar-refractivity contribution in [3.8, 4) is 17.2 Å². The van der Waals surface area contributed by atoms with Crippen LogP contribution < -0.4 is 19.5 Å². The third kappa shape index (κ3) is 4.48. The van der Waals surface area contributed by atoms with Crippen molar-refractivity contribution < 1.29 is 28.2 Å². The zero-order valence-electron chi connectivity index (χ0n) is 15.5. The van der Waals surface area contributed by atoms with E-state index in [1.165, 1.54) is 29.2 Å². The molecule has 7 nitrogen and oxygen atoms in total. The second kappa shape index (κ2) is 8.22. The first kappa shape index (κ1) is 18.8. The summed E-state index contributed by atoms with van der Waals surface area (Å²) in [5, 5.41) is 2.74. The normalized spacial score (nSPS) is 15.1. The number of carbonyl (C=O) groups is 2. The van der Waals surface area contributed by atoms with Gasteiger partial charge in [0.1, 0.15) is 11.6 Å². The molecule has 1 N–H and O–H groups in total. The van der Waals surface area contributed by atoms with Crippen molar-refractivity contribution >= 4 is 17.9 Å². The van der Waals surface area contributed by atoms with Gasteiger partial charge < -0.3 is 24.4 Å². The molecule has 0 fully saturated rings. The molecule has 2 amide bonds. The van der Waals surface area contributed by atoms with Crippen LogP contribution in [0.25, 0.3) is 6.08 Å². The Hall–Kier alpha value is -3.55. The summed E-state index contributed by atoms with van der Waals surface area (Å²) >= 11 is 0. The number of rotatable bonds is 5. The van der Waals surface area contributed by atoms with Gasteiger partial charge in [-0.3, -0.25) is 9.59 Å². The number of hydrogen-bond acceptors (Lipinski definition) is 5. The number of nitrogens with one attached hydrogen (secondary N) is 1. The first-order valence-corrected chi connectivity index (χ1v) is 9.13. The van der Waals surface area contributed by atoms with Crippen LogP contribution in [0.1, 0.15) is 11.1 Å². The van der Waals surface area contributed by atoms with E-state index in [9.17, 15) is 14.0 Å². The standard InChI is InChI=1S/C21H19FN2O5/c22-16-3-5-17-15(10-16)11-24(21(26)12-27-17)8-7-23-20(25)6-2-14-1-4-18-19(9-14)29-13-28-18/h1-6,9-10H,7-8,11-13H2,(H,23,25). The molecular formula is C21H19FN2O5. The van der Waals surface area contributed by atoms with E-state index in [1.807, 2.05) is 6.07 Å². The maximum atomic E-state index is 13.5. The number of carbonyl (C=O) groups excluding carboxylic acids is 2. The minimum atomic E-state index is -0.386. The second-order valence-electron chi connectivity index (χ2n) is 6.59. The summed E-state index contributed by atoms with van der Waals surface area (Å²) < 4.78 is 29.4. The number of amides is 2. The largest absolute Gasteiger partial charge is 0.483 e. The molecule has 0 aromatic heterocycles. The van der Waals surface area contributed by atoms with Crippen molar-refractivity contribution in [1.29, 1.82) is 0 Å². The van der Waals surface area contributed by atoms with Crippen LogP contribution in [0.15, 0.2) is 42.5 Å². The Morgan fingerprint density at radius 2 is 1.93 bits per heavy atom. The molecule has 0 atom stereocenters. The van der Waals surface area contributed by atoms with Crippen LogP contribution in [0.2, 0.25) is 0 Å². The fourth-order valence-electron chi connectivity index (χ4n) is 3.10. The average molecular weight is 398 g/mol. The van der Waals surface area contributed by atoms with Crippen LogP contribution in [-0.4, -0.2) is 43.2 Å². The predicted octanol–water partition coefficient (Wildman–Crippen LogP) is 2.10. The van der Waals surface area contributed by atoms with Gasteiger partial charge in [-0.1, -0.05) is 6.07 Å². The minimum Gasteiger partial charge on any atom is -0.483 e. The molecule has 0 saturated carbocycles. The lowest BCUT2D eigenvalue weighted by molar-refractivity contribution is -0.133. The third-order valence-electron chi connectivity index (χ3n) is 4.59. The summed E-state index contributed by atoms with van der Waals surface area (Å²) in [7, 11) is 0. The molecule has 0 radical (unpaired) electrons. The summed E-state index contributed by atoms with van der Waals surface area (Å²) in [5.74, 6) is 0.936. The zero-order chi connectivity index (χ0) is 20.2. The number of hydrogen-bond donors (Lipinski definition) is 1. The fourth-order valence-corrected chi connectivity index (χ4v) is 3.10. The molecule has 2 aliphatic heterocycles. The van der Waals surface area contributed by atoms with Crippen molar-refractivity contribution in [3.63, 3.8) is 0 Å². The summed E-state index contributed by atoms with van der Waals surface area (Å²) in [6.07, 6.45) is 3.08. The van der Waals surface area contributed by atoms with E-state index in [0.717, 1.165) is 5.56 Å². The second-order valence-corrected chi connectivity index (χ2v) is 6.59. The Balaban J connectivity index is 1.30. The number of halogens is 1. The van der Waals surface area contributed by atoms with Gasteiger partial charge in [0.2, 0.25) is 12.7 Å². The molecule has 29 heavy (non-hydrogen) atoms. The number of fused-ring (bicyclic) bond motifs is 2. The van der Waals surface area contributed by atoms with Crippen LogP contribution in [0.4, 0.5) is 4.39 Å². The first-order valence-electron chi connectivity index (χ1n) is 9.13. The Labute approximate surface area is 166 Å². The highest BCUT2D eigenvalue weighted by atomic mass is 19.1. The molecule has 8 heteroatoms. The molecule has 2 aromatic carbocycles. The smallest absolute Gasteiger partial charge is 0.260 e. The molecule has 2 aromatic rings. The van der Waals surface area contributed by atoms with Gasteiger partial charge in [0, 0.05) is 31.3 Å². The average Bonchev–Trinajstić information content (AvgIpc) is 3.12. The van der Waals surface area contributed by atoms with Gasteiger partial charge >= 0.3 is 0 Å². The molecule has 0 saturated heterocycles. The highest BCUT2D eigenvalue weighted by molar-refractivity contribution is 5.91. The van der Waals surface area contributed by atoms with Crippen LogP contribution in [0, 0.1) is 5.82 Å². The van der Waals surface area contributed by atoms with Crippen LogP contribution in [0.3, 0.4) is 0 Å². The summed E-state index contributed by atoms with van der Waals surface area (Å²) in [5.41, 5.74) is 1.41. The fraction of sp³-hybridized carbons (Fsp3) is 0.238. The topological polar surface area (TPSA) is 77.1 Å². The first-order chi connectivity index (χ1) is 14.1. The number of ether oxygens (including phenoxy) is 3. The molecule has 2 aliphatic rings. The third-order valence-corrected chi connectivity index (χ3v) is 4.59. The van der Waals surface area contributed by atoms with Gasteiger partial charge in [0.25, 0.3) is 5.91 Å². The van der Waals surface area contributed by atoms with E-state index in [0.29, 0.717) is 29.4 Å². The molecule has 0 bridgehead atoms. The monoisotopic (exact) mass is 398 g/mol. The van der Waals surface area contributed by atoms with Gasteiger partial charge in [0.15, 0.2) is 18.1 Å². The summed E-state index contributed by atoms with van der Waals surface area (Å²) in [6.45, 7) is 0.869. The molecular weight excluding hydrogens is 379 g/mol. The van der Waals surface area contributed by atoms with E-state index in [-0.39, 0.29) is 44.1 Å². The molecule has 4 rings (SSSR count). The SMILES string of the molecule is O=C(C=Cc1ccc2c(c1)OCO2)NCCN1Cc2cc(F)ccc2OCC1=O. The van der Waals surface area contributed by atoms with Gasteiger partial charge in [-0.25, -0.2) is 4.39 Å². The zero-order valence-corrected chi connectivity index (χ0v) is 15.5. The maximum absolute atomic E-state index is 13.5. The van der Waals surface area contributed by atoms with E-state index < -0.39 is 0 Å². The quantitative estimate of drug-likeness (QED) is 0.781. The van der Waals surface area contributed by atoms with E-state index in [1.54, 1.807) is 18.2 Å². The molecule has 0 spiro atoms. The Morgan fingerprint density at radius 1 is 1.10 bits per heavy atom. The Bertz CT molecular complexity index is 976. The van der Waals surface area contributed by atoms with Crippen LogP contribution in [0.5, 0.6) is 17.2 Å². The summed E-state index contributed by atoms with van der Waals surface area (Å²) in [4.78, 5) is 25.8. The van der Waals surface area contributed by atoms with Crippen molar-refractivity contribution in [2.75, 3.05) is 26.5 Å². The lowest BCUT2D eigenvalue weighted by Crippen LogP contribution is -2.38. The van der Waals surface area contributed by atoms with Crippen molar-refractivity contribution in [3.05, 3.63) is 59.4 Å². The van der Waals surface area contributed by atoms with Crippen LogP contribution in [-0.2, 0) is 16.1 Å². The molecule has 0 aliphatic carbocycles. The molecule has 2 heterocycles. The summed E-state index contributed by atoms with van der Waals surface area (Å²) in [6, 6.07) is 9.57. The highest BCUT2D eigenvalue weighted by Crippen LogP contribution is 2.32. The predicted molar refractivity (Wildman–Crippen MR) is 102 cm³/mol. The maximum Gasteiger partial charge on any atom is 0.260 e. The number of nitrogens with zero attached hydrogens (tertiary/aromatic N) is 1. The van der Waals surface area contributed by atoms with Crippen molar-refractivity contribution in [2.45, 2.75) is 6.54 Å². The molecule has 150 valence electrons. The van der Waals surface area contributed by atoms with Gasteiger partial charge in [-0.2, -0.15) is 0 Å². The van der Waals surface area contributed by atoms with Gasteiger partial charge in [-0.05, 0) is 42.0 Å². The van der Waals surface area contributed by atoms with E-state index in [4.69, 9.17) is 14.2 Å². The van der Waals surface area contributed by atoms with Crippen molar-refractivity contribution in [2.24, 2.45) is 0 Å².